The van der Waals surface area contributed by atoms with E-state index in [1.165, 1.54) is 24.3 Å². The summed E-state index contributed by atoms with van der Waals surface area (Å²) in [6.45, 7) is 4.46. The molecule has 1 aliphatic heterocycles. The van der Waals surface area contributed by atoms with Crippen LogP contribution >= 0.6 is 0 Å². The van der Waals surface area contributed by atoms with Gasteiger partial charge in [0.15, 0.2) is 29.8 Å². The van der Waals surface area contributed by atoms with Crippen LogP contribution in [-0.2, 0) is 73.5 Å². The number of guanidine groups is 5. The summed E-state index contributed by atoms with van der Waals surface area (Å²) in [5, 5.41) is 78.8. The third-order valence-corrected chi connectivity index (χ3v) is 19.1. The molecule has 48 nitrogen and oxygen atoms in total. The quantitative estimate of drug-likeness (QED) is 0.0164. The normalized spacial score (nSPS) is 15.4. The summed E-state index contributed by atoms with van der Waals surface area (Å²) in [6, 6.07) is -14.5. The van der Waals surface area contributed by atoms with Crippen LogP contribution in [0.15, 0.2) is 49.2 Å². The molecule has 1 heterocycles. The first-order valence-corrected chi connectivity index (χ1v) is 40.0. The number of nitrogens with one attached hydrogen (secondary N) is 11. The Balaban J connectivity index is 0.0000744. The summed E-state index contributed by atoms with van der Waals surface area (Å²) in [5.74, 6) is -17.4. The Bertz CT molecular complexity index is 3700. The number of carbonyl (C=O) groups excluding carboxylic acids is 12. The molecule has 0 aliphatic carbocycles. The van der Waals surface area contributed by atoms with Crippen molar-refractivity contribution in [3.63, 3.8) is 0 Å². The molecular weight excluding hydrogens is 1600 g/mol. The van der Waals surface area contributed by atoms with Gasteiger partial charge in [0.05, 0.1) is 19.3 Å². The van der Waals surface area contributed by atoms with Gasteiger partial charge in [-0.1, -0.05) is 60.1 Å². The first-order valence-electron chi connectivity index (χ1n) is 40.0. The number of aliphatic carboxylic acids is 2. The number of benzene rings is 1. The van der Waals surface area contributed by atoms with Crippen LogP contribution in [0, 0.1) is 11.8 Å². The summed E-state index contributed by atoms with van der Waals surface area (Å²) >= 11 is 0. The highest BCUT2D eigenvalue weighted by Gasteiger charge is 2.42. The van der Waals surface area contributed by atoms with Crippen LogP contribution < -0.4 is 127 Å². The van der Waals surface area contributed by atoms with E-state index in [2.05, 4.69) is 83.4 Å². The Morgan fingerprint density at radius 2 is 0.803 bits per heavy atom. The highest BCUT2D eigenvalue weighted by molar-refractivity contribution is 6.00. The number of aromatic hydroxyl groups is 1. The summed E-state index contributed by atoms with van der Waals surface area (Å²) in [6.07, 6.45) is -0.686. The molecule has 1 aromatic rings. The summed E-state index contributed by atoms with van der Waals surface area (Å²) in [4.78, 5) is 217. The molecule has 1 fully saturated rings. The molecule has 14 unspecified atom stereocenters. The van der Waals surface area contributed by atoms with E-state index in [1.807, 2.05) is 0 Å². The standard InChI is InChI=1S/C73H129N29O19.CH4/c1-5-39(4)55(101-60(112)46(25-26-54(106)107)94-58(110)44(16-9-29-87-70(78)79)92-57(109)43(15-8-28-86-69(76)77)91-56(108)42(75)14-6-7-27-74)66(118)98-49(34-38(2)3)61(113)99-51(36-103)63(115)93-45(17-10-30-88-71(80)81)59(111)95-47(18-11-31-89-72(82)83)67(119)102-33-13-20-53(102)65(117)100-52(37-104)64(116)97-50(35-40-21-23-41(105)24-22-40)62(114)96-48(68(120)121)19-12-32-90-73(84)85;/h21-24,38-39,42-53,55,103-105H,5-20,25-37,74-75H2,1-4H3,(H,91,108)(H,92,109)(H,93,115)(H,94,110)(H,95,111)(H,96,114)(H,97,116)(H,98,118)(H,99,113)(H,100,117)(H,101,112)(H,106,107)(H,120,121)(H4,76,77,86)(H4,78,79,87)(H4,80,81,88)(H4,82,83,89)(H4,84,85,90);1H4. The molecular formula is C74H133N29O19. The zero-order valence-electron chi connectivity index (χ0n) is 69.0. The third kappa shape index (κ3) is 42.1. The number of phenols is 1. The molecule has 0 saturated carbocycles. The second kappa shape index (κ2) is 57.9. The van der Waals surface area contributed by atoms with Crippen molar-refractivity contribution in [2.24, 2.45) is 106 Å². The van der Waals surface area contributed by atoms with E-state index in [-0.39, 0.29) is 185 Å². The lowest BCUT2D eigenvalue weighted by molar-refractivity contribution is -0.143. The van der Waals surface area contributed by atoms with Gasteiger partial charge in [-0.25, -0.2) is 4.79 Å². The van der Waals surface area contributed by atoms with Crippen molar-refractivity contribution >= 4 is 113 Å². The molecule has 14 atom stereocenters. The molecule has 48 heteroatoms. The minimum atomic E-state index is -1.89. The number of rotatable bonds is 59. The predicted molar refractivity (Wildman–Crippen MR) is 453 cm³/mol. The SMILES string of the molecule is C.CCC(C)C(NC(=O)C(CCC(=O)O)NC(=O)C(CCCN=C(N)N)NC(=O)C(CCCN=C(N)N)NC(=O)C(N)CCCCN)C(=O)NC(CC(C)C)C(=O)NC(CO)C(=O)NC(CCCN=C(N)N)C(=O)NC(CCCN=C(N)N)C(=O)N1CCCC1C(=O)NC(CO)C(=O)NC(Cc1ccc(O)cc1)C(=O)NC(CCCN=C(N)N)C(=O)O. The highest BCUT2D eigenvalue weighted by Crippen LogP contribution is 2.22. The van der Waals surface area contributed by atoms with Crippen molar-refractivity contribution in [2.75, 3.05) is 59.0 Å². The van der Waals surface area contributed by atoms with E-state index < -0.39 is 199 Å². The van der Waals surface area contributed by atoms with Gasteiger partial charge in [-0.2, -0.15) is 0 Å². The molecule has 12 amide bonds. The average Bonchev–Trinajstić information content (AvgIpc) is 1.67. The van der Waals surface area contributed by atoms with Crippen molar-refractivity contribution in [1.29, 1.82) is 0 Å². The van der Waals surface area contributed by atoms with Gasteiger partial charge in [0.1, 0.15) is 78.3 Å². The van der Waals surface area contributed by atoms with Gasteiger partial charge in [0.2, 0.25) is 70.9 Å². The molecule has 122 heavy (non-hydrogen) atoms. The lowest BCUT2D eigenvalue weighted by atomic mass is 9.96. The van der Waals surface area contributed by atoms with E-state index in [1.54, 1.807) is 27.7 Å². The number of unbranched alkanes of at least 4 members (excludes halogenated alkanes) is 1. The number of likely N-dealkylation sites (tertiary alicyclic amines) is 1. The molecule has 1 aliphatic rings. The number of carboxylic acid groups (broad SMARTS) is 2. The summed E-state index contributed by atoms with van der Waals surface area (Å²) in [7, 11) is 0. The number of hydrogen-bond acceptors (Lipinski definition) is 24. The number of aliphatic hydroxyl groups excluding tert-OH is 2. The van der Waals surface area contributed by atoms with Gasteiger partial charge >= 0.3 is 11.9 Å². The largest absolute Gasteiger partial charge is 0.508 e. The van der Waals surface area contributed by atoms with Gasteiger partial charge in [-0.15, -0.1) is 0 Å². The van der Waals surface area contributed by atoms with E-state index in [0.717, 1.165) is 4.90 Å². The number of aliphatic hydroxyl groups is 2. The second-order valence-electron chi connectivity index (χ2n) is 29.4. The minimum absolute atomic E-state index is 0. The molecule has 2 rings (SSSR count). The first-order chi connectivity index (χ1) is 57.2. The van der Waals surface area contributed by atoms with E-state index in [0.29, 0.717) is 24.9 Å². The molecule has 0 bridgehead atoms. The molecule has 1 aromatic carbocycles. The molecule has 0 spiro atoms. The van der Waals surface area contributed by atoms with Crippen LogP contribution in [-0.4, -0.2) is 281 Å². The van der Waals surface area contributed by atoms with Crippen LogP contribution in [0.4, 0.5) is 0 Å². The Hall–Kier alpha value is -12.2. The number of hydrogen-bond donors (Lipinski definition) is 28. The molecule has 0 radical (unpaired) electrons. The summed E-state index contributed by atoms with van der Waals surface area (Å²) in [5.41, 5.74) is 67.3. The number of amides is 12. The number of nitrogens with zero attached hydrogens (tertiary/aromatic N) is 6. The number of carboxylic acids is 2. The monoisotopic (exact) mass is 1730 g/mol. The van der Waals surface area contributed by atoms with Gasteiger partial charge in [-0.05, 0) is 139 Å². The molecule has 0 aromatic heterocycles. The fraction of sp³-hybridized carbons (Fsp3) is 0.662. The van der Waals surface area contributed by atoms with Gasteiger partial charge in [0.25, 0.3) is 0 Å². The Kier molecular flexibility index (Phi) is 51.1. The summed E-state index contributed by atoms with van der Waals surface area (Å²) < 4.78 is 0. The van der Waals surface area contributed by atoms with E-state index >= 15 is 0 Å². The van der Waals surface area contributed by atoms with Crippen LogP contribution in [0.2, 0.25) is 0 Å². The van der Waals surface area contributed by atoms with Crippen LogP contribution in [0.5, 0.6) is 5.75 Å². The van der Waals surface area contributed by atoms with Gasteiger partial charge in [-0.3, -0.25) is 87.3 Å². The van der Waals surface area contributed by atoms with Gasteiger partial charge in [0, 0.05) is 52.1 Å². The zero-order chi connectivity index (χ0) is 91.0. The van der Waals surface area contributed by atoms with Crippen LogP contribution in [0.3, 0.4) is 0 Å². The first kappa shape index (κ1) is 108. The average molecular weight is 1730 g/mol. The van der Waals surface area contributed by atoms with Crippen molar-refractivity contribution in [3.05, 3.63) is 29.8 Å². The fourth-order valence-electron chi connectivity index (χ4n) is 12.4. The van der Waals surface area contributed by atoms with Crippen LogP contribution in [0.1, 0.15) is 163 Å². The molecule has 1 saturated heterocycles. The maximum Gasteiger partial charge on any atom is 0.326 e. The lowest BCUT2D eigenvalue weighted by Gasteiger charge is -2.31. The minimum Gasteiger partial charge on any atom is -0.508 e. The Labute approximate surface area is 708 Å². The third-order valence-electron chi connectivity index (χ3n) is 19.1. The smallest absolute Gasteiger partial charge is 0.326 e. The maximum atomic E-state index is 14.9. The second-order valence-corrected chi connectivity index (χ2v) is 29.4. The Morgan fingerprint density at radius 3 is 1.22 bits per heavy atom. The number of aliphatic imine (C=N–C) groups is 5. The van der Waals surface area contributed by atoms with Crippen LogP contribution in [0.25, 0.3) is 0 Å². The fourth-order valence-corrected chi connectivity index (χ4v) is 12.4. The van der Waals surface area contributed by atoms with Gasteiger partial charge < -0.3 is 158 Å². The van der Waals surface area contributed by atoms with E-state index in [4.69, 9.17) is 68.8 Å². The van der Waals surface area contributed by atoms with Crippen molar-refractivity contribution in [2.45, 2.75) is 242 Å². The van der Waals surface area contributed by atoms with Crippen molar-refractivity contribution in [3.8, 4) is 5.75 Å². The topological polar surface area (TPSA) is 850 Å². The number of phenolic OH excluding ortho intramolecular Hbond substituents is 1. The highest BCUT2D eigenvalue weighted by atomic mass is 16.4. The lowest BCUT2D eigenvalue weighted by Crippen LogP contribution is -2.62. The number of nitrogens with two attached hydrogens (primary N) is 12. The molecule has 688 valence electrons. The predicted octanol–water partition coefficient (Wildman–Crippen LogP) is -9.35. The van der Waals surface area contributed by atoms with Crippen molar-refractivity contribution < 1.29 is 92.7 Å². The molecule has 40 N–H and O–H groups in total. The zero-order valence-corrected chi connectivity index (χ0v) is 69.0. The van der Waals surface area contributed by atoms with E-state index in [9.17, 15) is 92.7 Å². The Morgan fingerprint density at radius 1 is 0.443 bits per heavy atom. The maximum absolute atomic E-state index is 14.9. The van der Waals surface area contributed by atoms with Crippen molar-refractivity contribution in [1.82, 2.24) is 63.4 Å². The number of carbonyl (C=O) groups is 14.